The van der Waals surface area contributed by atoms with E-state index in [9.17, 15) is 9.59 Å². The topological polar surface area (TPSA) is 86.3 Å². The Bertz CT molecular complexity index is 1400. The minimum Gasteiger partial charge on any atom is -0.481 e. The molecule has 1 aliphatic rings. The number of carboxylic acid groups (broad SMARTS) is 1. The van der Waals surface area contributed by atoms with E-state index < -0.39 is 12.4 Å². The number of rotatable bonds is 6. The fraction of sp³-hybridized carbons (Fsp3) is 0.179. The molecule has 1 aromatic heterocycles. The van der Waals surface area contributed by atoms with Crippen molar-refractivity contribution in [1.29, 1.82) is 0 Å². The zero-order valence-electron chi connectivity index (χ0n) is 19.0. The standard InChI is InChI=1S/C28H24ClN3O3/c29-24-10-9-18(14-23(24)28-30-16-25(31-28)19-5-2-1-3-6-19)13-20-7-4-8-21-17-32(12-11-22(20)21)26(33)15-27(34)35/h1-10,14,16H,11-13,15,17H2,(H,30,31)(H,34,35). The Kier molecular flexibility index (Phi) is 6.38. The molecule has 3 aromatic carbocycles. The zero-order valence-corrected chi connectivity index (χ0v) is 19.8. The van der Waals surface area contributed by atoms with Crippen molar-refractivity contribution in [2.24, 2.45) is 0 Å². The predicted molar refractivity (Wildman–Crippen MR) is 135 cm³/mol. The van der Waals surface area contributed by atoms with Gasteiger partial charge >= 0.3 is 5.97 Å². The van der Waals surface area contributed by atoms with E-state index in [1.807, 2.05) is 60.8 Å². The van der Waals surface area contributed by atoms with Gasteiger partial charge in [-0.15, -0.1) is 0 Å². The number of halogens is 1. The first kappa shape index (κ1) is 22.9. The lowest BCUT2D eigenvalue weighted by Crippen LogP contribution is -2.37. The number of carbonyl (C=O) groups is 2. The molecule has 0 bridgehead atoms. The van der Waals surface area contributed by atoms with E-state index in [2.05, 4.69) is 22.1 Å². The molecule has 0 saturated carbocycles. The van der Waals surface area contributed by atoms with Crippen LogP contribution in [0, 0.1) is 0 Å². The summed E-state index contributed by atoms with van der Waals surface area (Å²) in [6.07, 6.45) is 2.78. The Balaban J connectivity index is 1.38. The smallest absolute Gasteiger partial charge is 0.312 e. The van der Waals surface area contributed by atoms with Crippen LogP contribution in [-0.2, 0) is 29.0 Å². The third kappa shape index (κ3) is 4.98. The van der Waals surface area contributed by atoms with Crippen LogP contribution in [0.5, 0.6) is 0 Å². The summed E-state index contributed by atoms with van der Waals surface area (Å²) < 4.78 is 0. The van der Waals surface area contributed by atoms with Crippen molar-refractivity contribution < 1.29 is 14.7 Å². The van der Waals surface area contributed by atoms with E-state index in [-0.39, 0.29) is 5.91 Å². The van der Waals surface area contributed by atoms with E-state index in [1.54, 1.807) is 4.90 Å². The third-order valence-electron chi connectivity index (χ3n) is 6.36. The van der Waals surface area contributed by atoms with Crippen LogP contribution in [0.4, 0.5) is 0 Å². The molecule has 5 rings (SSSR count). The highest BCUT2D eigenvalue weighted by Gasteiger charge is 2.24. The number of aromatic amines is 1. The lowest BCUT2D eigenvalue weighted by molar-refractivity contribution is -0.144. The Hall–Kier alpha value is -3.90. The number of fused-ring (bicyclic) bond motifs is 1. The maximum atomic E-state index is 12.2. The molecule has 0 aliphatic carbocycles. The van der Waals surface area contributed by atoms with Crippen LogP contribution in [0.3, 0.4) is 0 Å². The molecule has 1 aliphatic heterocycles. The number of hydrogen-bond donors (Lipinski definition) is 2. The summed E-state index contributed by atoms with van der Waals surface area (Å²) in [6.45, 7) is 0.965. The molecule has 6 nitrogen and oxygen atoms in total. The Morgan fingerprint density at radius 2 is 1.89 bits per heavy atom. The quantitative estimate of drug-likeness (QED) is 0.360. The first-order chi connectivity index (χ1) is 17.0. The maximum Gasteiger partial charge on any atom is 0.312 e. The Morgan fingerprint density at radius 3 is 2.69 bits per heavy atom. The first-order valence-corrected chi connectivity index (χ1v) is 11.8. The average molecular weight is 486 g/mol. The second-order valence-electron chi connectivity index (χ2n) is 8.69. The van der Waals surface area contributed by atoms with Crippen LogP contribution in [0.2, 0.25) is 5.02 Å². The molecule has 0 radical (unpaired) electrons. The van der Waals surface area contributed by atoms with Gasteiger partial charge in [0.1, 0.15) is 12.2 Å². The van der Waals surface area contributed by atoms with Crippen LogP contribution < -0.4 is 0 Å². The number of H-pyrrole nitrogens is 1. The summed E-state index contributed by atoms with van der Waals surface area (Å²) in [5, 5.41) is 9.57. The summed E-state index contributed by atoms with van der Waals surface area (Å²) in [5.41, 5.74) is 7.45. The van der Waals surface area contributed by atoms with Crippen molar-refractivity contribution in [2.75, 3.05) is 6.54 Å². The van der Waals surface area contributed by atoms with Crippen molar-refractivity contribution in [3.63, 3.8) is 0 Å². The highest BCUT2D eigenvalue weighted by molar-refractivity contribution is 6.33. The number of imidazole rings is 1. The van der Waals surface area contributed by atoms with Gasteiger partial charge in [0.25, 0.3) is 0 Å². The van der Waals surface area contributed by atoms with E-state index in [4.69, 9.17) is 16.7 Å². The van der Waals surface area contributed by atoms with Gasteiger partial charge in [-0.1, -0.05) is 66.2 Å². The van der Waals surface area contributed by atoms with Crippen LogP contribution >= 0.6 is 11.6 Å². The van der Waals surface area contributed by atoms with Gasteiger partial charge in [0.05, 0.1) is 16.9 Å². The SMILES string of the molecule is O=C(O)CC(=O)N1CCc2c(Cc3ccc(Cl)c(-c4ncc(-c5ccccc5)[nH]4)c3)cccc2C1. The molecule has 1 amide bonds. The van der Waals surface area contributed by atoms with E-state index >= 15 is 0 Å². The number of hydrogen-bond acceptors (Lipinski definition) is 3. The van der Waals surface area contributed by atoms with Crippen molar-refractivity contribution in [3.8, 4) is 22.6 Å². The summed E-state index contributed by atoms with van der Waals surface area (Å²) in [5.74, 6) is -0.719. The Labute approximate surface area is 208 Å². The monoisotopic (exact) mass is 485 g/mol. The molecular weight excluding hydrogens is 462 g/mol. The van der Waals surface area contributed by atoms with Crippen molar-refractivity contribution >= 4 is 23.5 Å². The van der Waals surface area contributed by atoms with E-state index in [0.29, 0.717) is 24.5 Å². The number of carboxylic acids is 1. The summed E-state index contributed by atoms with van der Waals surface area (Å²) in [6, 6.07) is 22.1. The predicted octanol–water partition coefficient (Wildman–Crippen LogP) is 5.35. The molecule has 4 aromatic rings. The third-order valence-corrected chi connectivity index (χ3v) is 6.69. The number of benzene rings is 3. The van der Waals surface area contributed by atoms with Gasteiger partial charge in [0.15, 0.2) is 0 Å². The molecule has 0 atom stereocenters. The van der Waals surface area contributed by atoms with Gasteiger partial charge in [-0.2, -0.15) is 0 Å². The fourth-order valence-corrected chi connectivity index (χ4v) is 4.82. The van der Waals surface area contributed by atoms with Gasteiger partial charge < -0.3 is 15.0 Å². The van der Waals surface area contributed by atoms with Crippen molar-refractivity contribution in [2.45, 2.75) is 25.8 Å². The minimum absolute atomic E-state index is 0.343. The van der Waals surface area contributed by atoms with Crippen LogP contribution in [0.15, 0.2) is 72.9 Å². The molecule has 7 heteroatoms. The number of nitrogens with zero attached hydrogens (tertiary/aromatic N) is 2. The molecular formula is C28H24ClN3O3. The van der Waals surface area contributed by atoms with Crippen molar-refractivity contribution in [1.82, 2.24) is 14.9 Å². The molecule has 0 unspecified atom stereocenters. The lowest BCUT2D eigenvalue weighted by Gasteiger charge is -2.30. The number of amides is 1. The van der Waals surface area contributed by atoms with Gasteiger partial charge in [-0.25, -0.2) is 4.98 Å². The molecule has 0 saturated heterocycles. The Morgan fingerprint density at radius 1 is 1.06 bits per heavy atom. The van der Waals surface area contributed by atoms with Gasteiger partial charge in [-0.3, -0.25) is 9.59 Å². The summed E-state index contributed by atoms with van der Waals surface area (Å²) in [7, 11) is 0. The van der Waals surface area contributed by atoms with Crippen LogP contribution in [-0.4, -0.2) is 38.4 Å². The minimum atomic E-state index is -1.10. The van der Waals surface area contributed by atoms with E-state index in [0.717, 1.165) is 40.2 Å². The highest BCUT2D eigenvalue weighted by Crippen LogP contribution is 2.31. The zero-order chi connectivity index (χ0) is 24.4. The lowest BCUT2D eigenvalue weighted by atomic mass is 9.90. The highest BCUT2D eigenvalue weighted by atomic mass is 35.5. The summed E-state index contributed by atoms with van der Waals surface area (Å²) in [4.78, 5) is 32.7. The molecule has 2 N–H and O–H groups in total. The summed E-state index contributed by atoms with van der Waals surface area (Å²) >= 11 is 6.55. The van der Waals surface area contributed by atoms with Crippen molar-refractivity contribution in [3.05, 3.63) is 100 Å². The van der Waals surface area contributed by atoms with Crippen LogP contribution in [0.25, 0.3) is 22.6 Å². The molecule has 176 valence electrons. The number of aromatic nitrogens is 2. The maximum absolute atomic E-state index is 12.2. The fourth-order valence-electron chi connectivity index (χ4n) is 4.61. The number of carbonyl (C=O) groups excluding carboxylic acids is 1. The van der Waals surface area contributed by atoms with Crippen LogP contribution in [0.1, 0.15) is 28.7 Å². The molecule has 35 heavy (non-hydrogen) atoms. The van der Waals surface area contributed by atoms with Gasteiger partial charge in [-0.05, 0) is 52.8 Å². The molecule has 0 fully saturated rings. The second kappa shape index (κ2) is 9.76. The molecule has 0 spiro atoms. The first-order valence-electron chi connectivity index (χ1n) is 11.5. The second-order valence-corrected chi connectivity index (χ2v) is 9.10. The normalized spacial score (nSPS) is 12.9. The van der Waals surface area contributed by atoms with Gasteiger partial charge in [0.2, 0.25) is 5.91 Å². The molecule has 2 heterocycles. The largest absolute Gasteiger partial charge is 0.481 e. The number of nitrogens with one attached hydrogen (secondary N) is 1. The van der Waals surface area contributed by atoms with Gasteiger partial charge in [0, 0.05) is 18.7 Å². The van der Waals surface area contributed by atoms with E-state index in [1.165, 1.54) is 11.1 Å². The average Bonchev–Trinajstić information content (AvgIpc) is 3.35. The number of aliphatic carboxylic acids is 1.